The Balaban J connectivity index is 2.93. The van der Waals surface area contributed by atoms with Crippen molar-refractivity contribution in [2.45, 2.75) is 31.9 Å². The number of rotatable bonds is 2. The van der Waals surface area contributed by atoms with Crippen molar-refractivity contribution >= 4 is 16.2 Å². The quantitative estimate of drug-likeness (QED) is 0.561. The van der Waals surface area contributed by atoms with Gasteiger partial charge in [-0.05, 0) is 20.8 Å². The molecule has 1 aliphatic heterocycles. The molecule has 11 heteroatoms. The van der Waals surface area contributed by atoms with Crippen molar-refractivity contribution in [2.75, 3.05) is 19.8 Å². The number of hydrogen-bond acceptors (Lipinski definition) is 6. The van der Waals surface area contributed by atoms with E-state index in [2.05, 4.69) is 4.18 Å². The molecule has 128 valence electrons. The molecule has 1 heterocycles. The Morgan fingerprint density at radius 1 is 1.32 bits per heavy atom. The Morgan fingerprint density at radius 2 is 1.91 bits per heavy atom. The third-order valence-electron chi connectivity index (χ3n) is 2.15. The van der Waals surface area contributed by atoms with Crippen molar-refractivity contribution < 1.29 is 40.0 Å². The molecular weight excluding hydrogens is 331 g/mol. The van der Waals surface area contributed by atoms with E-state index in [0.29, 0.717) is 0 Å². The maximum Gasteiger partial charge on any atom is 0.534 e. The van der Waals surface area contributed by atoms with Crippen LogP contribution in [0.4, 0.5) is 18.0 Å². The van der Waals surface area contributed by atoms with Crippen molar-refractivity contribution in [1.82, 2.24) is 4.90 Å². The van der Waals surface area contributed by atoms with Crippen LogP contribution in [0.25, 0.3) is 0 Å². The van der Waals surface area contributed by atoms with E-state index in [4.69, 9.17) is 9.47 Å². The van der Waals surface area contributed by atoms with Gasteiger partial charge in [0.05, 0.1) is 19.4 Å². The van der Waals surface area contributed by atoms with Crippen LogP contribution in [0.15, 0.2) is 12.0 Å². The summed E-state index contributed by atoms with van der Waals surface area (Å²) in [6.07, 6.45) is -0.0341. The second-order valence-corrected chi connectivity index (χ2v) is 6.84. The summed E-state index contributed by atoms with van der Waals surface area (Å²) in [5.74, 6) is -0.666. The fraction of sp³-hybridized carbons (Fsp3) is 0.727. The molecule has 0 aromatic heterocycles. The van der Waals surface area contributed by atoms with E-state index in [1.807, 2.05) is 0 Å². The molecule has 0 atom stereocenters. The van der Waals surface area contributed by atoms with Gasteiger partial charge in [-0.1, -0.05) is 0 Å². The summed E-state index contributed by atoms with van der Waals surface area (Å²) in [5, 5.41) is 0. The molecule has 0 bridgehead atoms. The Hall–Kier alpha value is -1.49. The van der Waals surface area contributed by atoms with Gasteiger partial charge < -0.3 is 13.7 Å². The highest BCUT2D eigenvalue weighted by atomic mass is 32.2. The van der Waals surface area contributed by atoms with E-state index in [1.54, 1.807) is 20.8 Å². The maximum atomic E-state index is 12.3. The number of carbonyl (C=O) groups excluding carboxylic acids is 1. The SMILES string of the molecule is CC(C)(C)OC(=O)N1C=C(OS(=O)(=O)C(F)(F)F)COCC1. The number of amides is 1. The Bertz CT molecular complexity index is 549. The van der Waals surface area contributed by atoms with Crippen LogP contribution in [0.5, 0.6) is 0 Å². The second kappa shape index (κ2) is 6.32. The third-order valence-corrected chi connectivity index (χ3v) is 3.15. The van der Waals surface area contributed by atoms with Gasteiger partial charge in [-0.2, -0.15) is 21.6 Å². The van der Waals surface area contributed by atoms with Crippen LogP contribution < -0.4 is 0 Å². The summed E-state index contributed by atoms with van der Waals surface area (Å²) in [5.41, 5.74) is -6.39. The van der Waals surface area contributed by atoms with Crippen LogP contribution in [0.3, 0.4) is 0 Å². The van der Waals surface area contributed by atoms with Crippen molar-refractivity contribution in [1.29, 1.82) is 0 Å². The fourth-order valence-electron chi connectivity index (χ4n) is 1.31. The van der Waals surface area contributed by atoms with Gasteiger partial charge in [0.1, 0.15) is 12.2 Å². The first-order valence-corrected chi connectivity index (χ1v) is 7.51. The zero-order valence-corrected chi connectivity index (χ0v) is 13.0. The van der Waals surface area contributed by atoms with Crippen LogP contribution in [0.1, 0.15) is 20.8 Å². The molecule has 1 amide bonds. The van der Waals surface area contributed by atoms with Gasteiger partial charge in [-0.3, -0.25) is 4.90 Å². The number of nitrogens with zero attached hydrogens (tertiary/aromatic N) is 1. The lowest BCUT2D eigenvalue weighted by Gasteiger charge is -2.24. The van der Waals surface area contributed by atoms with E-state index >= 15 is 0 Å². The van der Waals surface area contributed by atoms with Crippen LogP contribution in [0.2, 0.25) is 0 Å². The maximum absolute atomic E-state index is 12.3. The first-order chi connectivity index (χ1) is 9.82. The first-order valence-electron chi connectivity index (χ1n) is 6.11. The van der Waals surface area contributed by atoms with E-state index in [1.165, 1.54) is 0 Å². The second-order valence-electron chi connectivity index (χ2n) is 5.30. The van der Waals surface area contributed by atoms with E-state index < -0.39 is 39.7 Å². The Kier molecular flexibility index (Phi) is 5.34. The summed E-state index contributed by atoms with van der Waals surface area (Å²) < 4.78 is 72.7. The van der Waals surface area contributed by atoms with Crippen molar-refractivity contribution in [3.05, 3.63) is 12.0 Å². The fourth-order valence-corrected chi connectivity index (χ4v) is 1.78. The molecule has 0 saturated heterocycles. The molecule has 0 aliphatic carbocycles. The molecule has 0 spiro atoms. The smallest absolute Gasteiger partial charge is 0.443 e. The monoisotopic (exact) mass is 347 g/mol. The minimum absolute atomic E-state index is 0.0192. The normalized spacial score (nSPS) is 17.5. The third kappa shape index (κ3) is 5.37. The highest BCUT2D eigenvalue weighted by Gasteiger charge is 2.49. The van der Waals surface area contributed by atoms with Crippen LogP contribution in [-0.2, 0) is 23.8 Å². The summed E-state index contributed by atoms with van der Waals surface area (Å²) in [4.78, 5) is 12.7. The minimum atomic E-state index is -5.82. The largest absolute Gasteiger partial charge is 0.534 e. The standard InChI is InChI=1S/C11H16F3NO6S/c1-10(2,3)20-9(16)15-4-5-19-7-8(6-15)21-22(17,18)11(12,13)14/h6H,4-5,7H2,1-3H3. The molecule has 0 N–H and O–H groups in total. The van der Waals surface area contributed by atoms with E-state index in [-0.39, 0.29) is 13.2 Å². The number of hydrogen-bond donors (Lipinski definition) is 0. The topological polar surface area (TPSA) is 82.1 Å². The predicted molar refractivity (Wildman–Crippen MR) is 67.9 cm³/mol. The summed E-state index contributed by atoms with van der Waals surface area (Å²) in [6.45, 7) is 4.26. The minimum Gasteiger partial charge on any atom is -0.443 e. The number of alkyl halides is 3. The molecule has 0 radical (unpaired) electrons. The van der Waals surface area contributed by atoms with Crippen molar-refractivity contribution in [3.8, 4) is 0 Å². The molecule has 0 saturated carbocycles. The molecule has 1 aliphatic rings. The van der Waals surface area contributed by atoms with E-state index in [0.717, 1.165) is 11.1 Å². The van der Waals surface area contributed by atoms with Gasteiger partial charge in [-0.15, -0.1) is 0 Å². The molecule has 0 aromatic carbocycles. The Labute approximate surface area is 125 Å². The van der Waals surface area contributed by atoms with Crippen LogP contribution >= 0.6 is 0 Å². The molecule has 0 fully saturated rings. The summed E-state index contributed by atoms with van der Waals surface area (Å²) >= 11 is 0. The molecule has 1 rings (SSSR count). The number of carbonyl (C=O) groups is 1. The summed E-state index contributed by atoms with van der Waals surface area (Å²) in [6, 6.07) is 0. The average molecular weight is 347 g/mol. The molecule has 7 nitrogen and oxygen atoms in total. The van der Waals surface area contributed by atoms with Crippen LogP contribution in [0, 0.1) is 0 Å². The molecule has 22 heavy (non-hydrogen) atoms. The van der Waals surface area contributed by atoms with Gasteiger partial charge in [0.2, 0.25) is 0 Å². The van der Waals surface area contributed by atoms with Crippen LogP contribution in [-0.4, -0.2) is 50.3 Å². The van der Waals surface area contributed by atoms with Crippen molar-refractivity contribution in [2.24, 2.45) is 0 Å². The van der Waals surface area contributed by atoms with Gasteiger partial charge in [0, 0.05) is 0 Å². The van der Waals surface area contributed by atoms with Crippen molar-refractivity contribution in [3.63, 3.8) is 0 Å². The number of ether oxygens (including phenoxy) is 2. The molecular formula is C11H16F3NO6S. The zero-order chi connectivity index (χ0) is 17.2. The first kappa shape index (κ1) is 18.6. The number of halogens is 3. The van der Waals surface area contributed by atoms with Gasteiger partial charge in [0.15, 0.2) is 5.76 Å². The predicted octanol–water partition coefficient (Wildman–Crippen LogP) is 1.96. The lowest BCUT2D eigenvalue weighted by atomic mass is 10.2. The average Bonchev–Trinajstić information content (AvgIpc) is 2.50. The van der Waals surface area contributed by atoms with Gasteiger partial charge in [0.25, 0.3) is 0 Å². The molecule has 0 aromatic rings. The lowest BCUT2D eigenvalue weighted by molar-refractivity contribution is -0.0528. The highest BCUT2D eigenvalue weighted by molar-refractivity contribution is 7.87. The van der Waals surface area contributed by atoms with Gasteiger partial charge >= 0.3 is 21.7 Å². The summed E-state index contributed by atoms with van der Waals surface area (Å²) in [7, 11) is -5.82. The Morgan fingerprint density at radius 3 is 2.41 bits per heavy atom. The van der Waals surface area contributed by atoms with Gasteiger partial charge in [-0.25, -0.2) is 4.79 Å². The van der Waals surface area contributed by atoms with E-state index in [9.17, 15) is 26.4 Å². The molecule has 0 unspecified atom stereocenters. The lowest BCUT2D eigenvalue weighted by Crippen LogP contribution is -2.35. The highest BCUT2D eigenvalue weighted by Crippen LogP contribution is 2.27. The zero-order valence-electron chi connectivity index (χ0n) is 12.1.